The van der Waals surface area contributed by atoms with E-state index in [4.69, 9.17) is 11.5 Å². The van der Waals surface area contributed by atoms with E-state index in [0.29, 0.717) is 12.8 Å². The number of carbonyl (C=O) groups excluding carboxylic acids is 2. The molecule has 2 amide bonds. The number of hydrogen-bond donors (Lipinski definition) is 2. The molecule has 0 aromatic carbocycles. The molecule has 0 aromatic heterocycles. The van der Waals surface area contributed by atoms with Gasteiger partial charge in [0.15, 0.2) is 0 Å². The van der Waals surface area contributed by atoms with E-state index in [-0.39, 0.29) is 5.84 Å². The first-order valence-corrected chi connectivity index (χ1v) is 6.10. The summed E-state index contributed by atoms with van der Waals surface area (Å²) in [5.41, 5.74) is 10.4. The monoisotopic (exact) mass is 248 g/mol. The Morgan fingerprint density at radius 2 is 2.00 bits per heavy atom. The summed E-state index contributed by atoms with van der Waals surface area (Å²) in [6.45, 7) is 0. The number of hydrogen-bond acceptors (Lipinski definition) is 4. The second-order valence-corrected chi connectivity index (χ2v) is 5.07. The molecule has 2 aliphatic rings. The van der Waals surface area contributed by atoms with Gasteiger partial charge in [-0.1, -0.05) is 19.3 Å². The minimum absolute atomic E-state index is 0.0269. The third-order valence-electron chi connectivity index (χ3n) is 4.13. The lowest BCUT2D eigenvalue weighted by Crippen LogP contribution is -2.56. The number of amides is 2. The van der Waals surface area contributed by atoms with Crippen LogP contribution in [-0.2, 0) is 9.59 Å². The van der Waals surface area contributed by atoms with Gasteiger partial charge in [0.1, 0.15) is 17.7 Å². The zero-order valence-electron chi connectivity index (χ0n) is 10.1. The van der Waals surface area contributed by atoms with Gasteiger partial charge in [-0.25, -0.2) is 0 Å². The number of nitriles is 1. The van der Waals surface area contributed by atoms with Crippen molar-refractivity contribution >= 4 is 17.6 Å². The Morgan fingerprint density at radius 3 is 2.50 bits per heavy atom. The summed E-state index contributed by atoms with van der Waals surface area (Å²) in [5, 5.41) is 9.23. The normalized spacial score (nSPS) is 30.6. The van der Waals surface area contributed by atoms with Crippen LogP contribution >= 0.6 is 0 Å². The molecule has 1 spiro atoms. The number of aliphatic imine (C=N–C) groups is 1. The first-order valence-electron chi connectivity index (χ1n) is 6.10. The molecule has 4 N–H and O–H groups in total. The van der Waals surface area contributed by atoms with Crippen molar-refractivity contribution in [2.75, 3.05) is 0 Å². The van der Waals surface area contributed by atoms with Gasteiger partial charge in [0.2, 0.25) is 5.91 Å². The summed E-state index contributed by atoms with van der Waals surface area (Å²) in [6.07, 6.45) is 4.04. The largest absolute Gasteiger partial charge is 0.386 e. The van der Waals surface area contributed by atoms with E-state index in [1.807, 2.05) is 6.07 Å². The van der Waals surface area contributed by atoms with Crippen LogP contribution in [0, 0.1) is 28.6 Å². The zero-order chi connectivity index (χ0) is 13.3. The average Bonchev–Trinajstić information content (AvgIpc) is 2.29. The van der Waals surface area contributed by atoms with Crippen molar-refractivity contribution in [1.82, 2.24) is 0 Å². The van der Waals surface area contributed by atoms with Gasteiger partial charge in [0.05, 0.1) is 6.07 Å². The molecular weight excluding hydrogens is 232 g/mol. The summed E-state index contributed by atoms with van der Waals surface area (Å²) in [4.78, 5) is 27.1. The third kappa shape index (κ3) is 1.67. The van der Waals surface area contributed by atoms with Crippen LogP contribution < -0.4 is 11.5 Å². The van der Waals surface area contributed by atoms with Crippen molar-refractivity contribution in [3.05, 3.63) is 0 Å². The molecule has 0 saturated heterocycles. The molecule has 1 aliphatic carbocycles. The Morgan fingerprint density at radius 1 is 1.39 bits per heavy atom. The van der Waals surface area contributed by atoms with Crippen LogP contribution in [0.25, 0.3) is 0 Å². The van der Waals surface area contributed by atoms with Crippen LogP contribution in [0.15, 0.2) is 4.99 Å². The first kappa shape index (κ1) is 12.6. The molecule has 6 nitrogen and oxygen atoms in total. The standard InChI is InChI=1S/C12H16N4O2/c13-6-7-11(18)16-9(14)8(10(15)17)12(7)4-2-1-3-5-12/h7-8H,1-5H2,(H2,15,17)(H2,14,16,18). The Balaban J connectivity index is 2.54. The van der Waals surface area contributed by atoms with E-state index in [0.717, 1.165) is 19.3 Å². The number of rotatable bonds is 1. The second kappa shape index (κ2) is 4.41. The van der Waals surface area contributed by atoms with Gasteiger partial charge in [-0.2, -0.15) is 10.3 Å². The molecule has 1 fully saturated rings. The lowest BCUT2D eigenvalue weighted by atomic mass is 9.57. The summed E-state index contributed by atoms with van der Waals surface area (Å²) in [6, 6.07) is 2.00. The van der Waals surface area contributed by atoms with E-state index < -0.39 is 29.1 Å². The quantitative estimate of drug-likeness (QED) is 0.681. The summed E-state index contributed by atoms with van der Waals surface area (Å²) < 4.78 is 0. The van der Waals surface area contributed by atoms with Gasteiger partial charge in [0, 0.05) is 5.41 Å². The van der Waals surface area contributed by atoms with Gasteiger partial charge in [-0.3, -0.25) is 9.59 Å². The third-order valence-corrected chi connectivity index (χ3v) is 4.13. The fraction of sp³-hybridized carbons (Fsp3) is 0.667. The average molecular weight is 248 g/mol. The molecule has 0 bridgehead atoms. The topological polar surface area (TPSA) is 122 Å². The van der Waals surface area contributed by atoms with Crippen LogP contribution in [0.1, 0.15) is 32.1 Å². The predicted molar refractivity (Wildman–Crippen MR) is 63.9 cm³/mol. The fourth-order valence-electron chi connectivity index (χ4n) is 3.36. The highest BCUT2D eigenvalue weighted by Crippen LogP contribution is 2.50. The van der Waals surface area contributed by atoms with Crippen LogP contribution in [0.2, 0.25) is 0 Å². The van der Waals surface area contributed by atoms with Gasteiger partial charge in [-0.05, 0) is 12.8 Å². The maximum Gasteiger partial charge on any atom is 0.265 e. The molecule has 2 atom stereocenters. The highest BCUT2D eigenvalue weighted by molar-refractivity contribution is 6.10. The van der Waals surface area contributed by atoms with E-state index in [9.17, 15) is 14.9 Å². The lowest BCUT2D eigenvalue weighted by molar-refractivity contribution is -0.132. The van der Waals surface area contributed by atoms with Gasteiger partial charge < -0.3 is 11.5 Å². The van der Waals surface area contributed by atoms with Crippen molar-refractivity contribution in [2.45, 2.75) is 32.1 Å². The zero-order valence-corrected chi connectivity index (χ0v) is 10.1. The van der Waals surface area contributed by atoms with E-state index in [2.05, 4.69) is 4.99 Å². The summed E-state index contributed by atoms with van der Waals surface area (Å²) >= 11 is 0. The SMILES string of the molecule is N#CC1C(=O)N=C(N)C(C(N)=O)C12CCCCC2. The minimum Gasteiger partial charge on any atom is -0.386 e. The lowest BCUT2D eigenvalue weighted by Gasteiger charge is -2.45. The Bertz CT molecular complexity index is 457. The van der Waals surface area contributed by atoms with Crippen molar-refractivity contribution in [3.63, 3.8) is 0 Å². The van der Waals surface area contributed by atoms with E-state index in [1.165, 1.54) is 0 Å². The maximum atomic E-state index is 11.8. The highest BCUT2D eigenvalue weighted by atomic mass is 16.2. The summed E-state index contributed by atoms with van der Waals surface area (Å²) in [5.74, 6) is -2.84. The molecular formula is C12H16N4O2. The van der Waals surface area contributed by atoms with Crippen molar-refractivity contribution in [3.8, 4) is 6.07 Å². The number of carbonyl (C=O) groups is 2. The molecule has 1 aliphatic heterocycles. The van der Waals surface area contributed by atoms with Crippen molar-refractivity contribution < 1.29 is 9.59 Å². The molecule has 96 valence electrons. The number of nitrogens with two attached hydrogens (primary N) is 2. The van der Waals surface area contributed by atoms with Crippen LogP contribution in [0.4, 0.5) is 0 Å². The van der Waals surface area contributed by atoms with Gasteiger partial charge >= 0.3 is 0 Å². The van der Waals surface area contributed by atoms with Crippen LogP contribution in [-0.4, -0.2) is 17.6 Å². The molecule has 2 unspecified atom stereocenters. The number of amidine groups is 1. The first-order chi connectivity index (χ1) is 8.53. The van der Waals surface area contributed by atoms with Crippen molar-refractivity contribution in [2.24, 2.45) is 33.7 Å². The number of primary amides is 1. The molecule has 6 heteroatoms. The van der Waals surface area contributed by atoms with Crippen LogP contribution in [0.3, 0.4) is 0 Å². The highest BCUT2D eigenvalue weighted by Gasteiger charge is 2.55. The Hall–Kier alpha value is -1.90. The molecule has 1 heterocycles. The van der Waals surface area contributed by atoms with E-state index >= 15 is 0 Å². The molecule has 18 heavy (non-hydrogen) atoms. The smallest absolute Gasteiger partial charge is 0.265 e. The van der Waals surface area contributed by atoms with Crippen molar-refractivity contribution in [1.29, 1.82) is 5.26 Å². The summed E-state index contributed by atoms with van der Waals surface area (Å²) in [7, 11) is 0. The molecule has 0 radical (unpaired) electrons. The predicted octanol–water partition coefficient (Wildman–Crippen LogP) is 0.0756. The second-order valence-electron chi connectivity index (χ2n) is 5.07. The molecule has 2 rings (SSSR count). The Labute approximate surface area is 105 Å². The maximum absolute atomic E-state index is 11.8. The molecule has 1 saturated carbocycles. The van der Waals surface area contributed by atoms with Gasteiger partial charge in [-0.15, -0.1) is 0 Å². The van der Waals surface area contributed by atoms with E-state index in [1.54, 1.807) is 0 Å². The van der Waals surface area contributed by atoms with Gasteiger partial charge in [0.25, 0.3) is 5.91 Å². The molecule has 0 aromatic rings. The van der Waals surface area contributed by atoms with Crippen LogP contribution in [0.5, 0.6) is 0 Å². The fourth-order valence-corrected chi connectivity index (χ4v) is 3.36. The minimum atomic E-state index is -0.900. The number of nitrogens with zero attached hydrogens (tertiary/aromatic N) is 2. The Kier molecular flexibility index (Phi) is 3.07.